The van der Waals surface area contributed by atoms with Crippen LogP contribution in [0.3, 0.4) is 0 Å². The molecule has 2 atom stereocenters. The minimum atomic E-state index is -4.77. The molecule has 6 heterocycles. The molecule has 19 heteroatoms. The summed E-state index contributed by atoms with van der Waals surface area (Å²) >= 11 is 0. The van der Waals surface area contributed by atoms with E-state index in [4.69, 9.17) is 14.6 Å². The highest BCUT2D eigenvalue weighted by Gasteiger charge is 2.53. The van der Waals surface area contributed by atoms with Crippen LogP contribution in [0.15, 0.2) is 82.7 Å². The molecule has 3 fully saturated rings. The van der Waals surface area contributed by atoms with E-state index in [1.54, 1.807) is 72.2 Å². The number of nitrogens with one attached hydrogen (secondary N) is 2. The molecule has 2 aliphatic carbocycles. The number of rotatable bonds is 9. The van der Waals surface area contributed by atoms with Crippen molar-refractivity contribution in [3.8, 4) is 17.2 Å². The Morgan fingerprint density at radius 2 is 1.64 bits per heavy atom. The number of halogens is 4. The molecule has 7 aromatic rings. The van der Waals surface area contributed by atoms with Gasteiger partial charge in [-0.1, -0.05) is 6.07 Å². The van der Waals surface area contributed by atoms with E-state index in [1.165, 1.54) is 9.13 Å². The SMILES string of the molecule is Cc1cc(-n2nc3c(c2-n2ccn(-c4ccc([S@@](=N)(=O)C5CC5)cc4)c2=O)[C@H](C)N(C(=O)c2cc4cc(C5CCOCC5)ccc4n2C2(c4nc(C(F)(F)F)n[nH]4)CC2)CC3)cc(C)c1F. The number of carbonyl (C=O) groups is 1. The van der Waals surface area contributed by atoms with E-state index in [0.29, 0.717) is 82.5 Å². The second kappa shape index (κ2) is 15.1. The van der Waals surface area contributed by atoms with Crippen molar-refractivity contribution in [2.45, 2.75) is 99.5 Å². The highest BCUT2D eigenvalue weighted by atomic mass is 32.2. The molecule has 1 saturated heterocycles. The standard InChI is InChI=1S/C47H46F4N10O4S/c1-26-22-33(23-27(2)40(26)48)61-41(59-19-18-58(45(59)63)32-5-7-34(8-6-32)66(52,64)35-9-10-35)39-28(3)57(17-12-36(39)56-61)42(62)38-25-31-24-30(29-13-20-65-21-14-29)4-11-37(31)60(38)46(15-16-46)43-53-44(55-54-43)47(49,50)51/h4-8,11,18-19,22-25,28-29,35,52H,9-10,12-17,20-21H2,1-3H3,(H,53,54,55)/t28-,66+/m0/s1. The highest BCUT2D eigenvalue weighted by molar-refractivity contribution is 7.93. The summed E-state index contributed by atoms with van der Waals surface area (Å²) in [5, 5.41) is 11.7. The van der Waals surface area contributed by atoms with Gasteiger partial charge in [-0.2, -0.15) is 18.3 Å². The van der Waals surface area contributed by atoms with Crippen molar-refractivity contribution in [3.63, 3.8) is 0 Å². The average molecular weight is 923 g/mol. The maximum absolute atomic E-state index is 15.4. The molecule has 66 heavy (non-hydrogen) atoms. The first kappa shape index (κ1) is 42.3. The van der Waals surface area contributed by atoms with Crippen molar-refractivity contribution in [3.05, 3.63) is 135 Å². The van der Waals surface area contributed by atoms with E-state index < -0.39 is 39.0 Å². The molecule has 2 saturated carbocycles. The van der Waals surface area contributed by atoms with E-state index in [1.807, 2.05) is 29.7 Å². The van der Waals surface area contributed by atoms with Gasteiger partial charge in [0.05, 0.1) is 32.8 Å². The fourth-order valence-electron chi connectivity index (χ4n) is 10.1. The number of alkyl halides is 3. The van der Waals surface area contributed by atoms with Crippen molar-refractivity contribution in [1.29, 1.82) is 4.78 Å². The van der Waals surface area contributed by atoms with Crippen LogP contribution in [0.1, 0.15) is 107 Å². The second-order valence-electron chi connectivity index (χ2n) is 18.1. The number of aromatic nitrogens is 8. The molecular weight excluding hydrogens is 877 g/mol. The van der Waals surface area contributed by atoms with Crippen molar-refractivity contribution in [2.24, 2.45) is 0 Å². The van der Waals surface area contributed by atoms with Crippen LogP contribution in [0.4, 0.5) is 17.6 Å². The van der Waals surface area contributed by atoms with Gasteiger partial charge in [-0.05, 0) is 137 Å². The normalized spacial score (nSPS) is 19.6. The summed E-state index contributed by atoms with van der Waals surface area (Å²) in [6.07, 6.45) is 2.75. The summed E-state index contributed by atoms with van der Waals surface area (Å²) in [6.45, 7) is 6.68. The number of amides is 1. The topological polar surface area (TPSA) is 162 Å². The van der Waals surface area contributed by atoms with Gasteiger partial charge in [0.25, 0.3) is 11.7 Å². The Bertz CT molecular complexity index is 3250. The minimum Gasteiger partial charge on any atom is -0.381 e. The van der Waals surface area contributed by atoms with Gasteiger partial charge in [-0.3, -0.25) is 19.0 Å². The first-order valence-corrected chi connectivity index (χ1v) is 23.8. The quantitative estimate of drug-likeness (QED) is 0.137. The third-order valence-electron chi connectivity index (χ3n) is 13.9. The number of imidazole rings is 1. The molecule has 0 radical (unpaired) electrons. The molecule has 342 valence electrons. The molecule has 0 unspecified atom stereocenters. The first-order valence-electron chi connectivity index (χ1n) is 22.2. The van der Waals surface area contributed by atoms with E-state index in [2.05, 4.69) is 21.2 Å². The Kier molecular flexibility index (Phi) is 9.68. The Morgan fingerprint density at radius 3 is 2.29 bits per heavy atom. The Hall–Kier alpha value is -6.34. The van der Waals surface area contributed by atoms with Crippen molar-refractivity contribution < 1.29 is 31.3 Å². The molecule has 11 rings (SSSR count). The molecule has 3 aromatic carbocycles. The molecule has 2 N–H and O–H groups in total. The van der Waals surface area contributed by atoms with Gasteiger partial charge in [0.15, 0.2) is 5.82 Å². The third-order valence-corrected chi connectivity index (χ3v) is 16.3. The summed E-state index contributed by atoms with van der Waals surface area (Å²) in [5.74, 6) is -1.39. The van der Waals surface area contributed by atoms with Crippen molar-refractivity contribution in [2.75, 3.05) is 19.8 Å². The number of aromatic amines is 1. The zero-order valence-corrected chi connectivity index (χ0v) is 37.2. The molecule has 0 bridgehead atoms. The first-order chi connectivity index (χ1) is 31.5. The van der Waals surface area contributed by atoms with Gasteiger partial charge in [-0.25, -0.2) is 27.8 Å². The summed E-state index contributed by atoms with van der Waals surface area (Å²) in [4.78, 5) is 36.1. The van der Waals surface area contributed by atoms with Gasteiger partial charge in [-0.15, -0.1) is 5.10 Å². The Morgan fingerprint density at radius 1 is 0.939 bits per heavy atom. The van der Waals surface area contributed by atoms with Crippen LogP contribution in [-0.2, 0) is 32.6 Å². The van der Waals surface area contributed by atoms with Gasteiger partial charge < -0.3 is 14.2 Å². The number of carbonyl (C=O) groups excluding carboxylic acids is 1. The zero-order valence-electron chi connectivity index (χ0n) is 36.4. The summed E-state index contributed by atoms with van der Waals surface area (Å²) in [5.41, 5.74) is 3.48. The van der Waals surface area contributed by atoms with Gasteiger partial charge in [0.1, 0.15) is 22.9 Å². The zero-order chi connectivity index (χ0) is 46.0. The number of ether oxygens (including phenoxy) is 1. The predicted molar refractivity (Wildman–Crippen MR) is 236 cm³/mol. The minimum absolute atomic E-state index is 0.0204. The van der Waals surface area contributed by atoms with Crippen LogP contribution in [-0.4, -0.2) is 78.7 Å². The molecule has 2 aliphatic heterocycles. The number of fused-ring (bicyclic) bond motifs is 2. The molecule has 4 aliphatic rings. The van der Waals surface area contributed by atoms with Crippen molar-refractivity contribution >= 4 is 26.5 Å². The fourth-order valence-corrected chi connectivity index (χ4v) is 11.8. The van der Waals surface area contributed by atoms with Gasteiger partial charge in [0.2, 0.25) is 0 Å². The number of nitrogens with zero attached hydrogens (tertiary/aromatic N) is 8. The number of benzene rings is 3. The van der Waals surface area contributed by atoms with Crippen LogP contribution in [0.25, 0.3) is 28.1 Å². The number of aryl methyl sites for hydroxylation is 2. The van der Waals surface area contributed by atoms with E-state index in [-0.39, 0.29) is 41.0 Å². The largest absolute Gasteiger partial charge is 0.453 e. The molecular formula is C47H46F4N10O4S. The third kappa shape index (κ3) is 6.75. The summed E-state index contributed by atoms with van der Waals surface area (Å²) in [6, 6.07) is 17.1. The maximum Gasteiger partial charge on any atom is 0.453 e. The number of hydrogen-bond donors (Lipinski definition) is 2. The molecule has 4 aromatic heterocycles. The fraction of sp³-hybridized carbons (Fsp3) is 0.383. The van der Waals surface area contributed by atoms with Gasteiger partial charge >= 0.3 is 11.9 Å². The lowest BCUT2D eigenvalue weighted by molar-refractivity contribution is -0.144. The number of hydrogen-bond acceptors (Lipinski definition) is 8. The van der Waals surface area contributed by atoms with Crippen LogP contribution >= 0.6 is 0 Å². The lowest BCUT2D eigenvalue weighted by Crippen LogP contribution is -2.41. The van der Waals surface area contributed by atoms with E-state index in [9.17, 15) is 22.2 Å². The monoisotopic (exact) mass is 922 g/mol. The van der Waals surface area contributed by atoms with Crippen LogP contribution in [0.5, 0.6) is 0 Å². The lowest BCUT2D eigenvalue weighted by atomic mass is 9.91. The van der Waals surface area contributed by atoms with Crippen LogP contribution in [0, 0.1) is 24.4 Å². The lowest BCUT2D eigenvalue weighted by Gasteiger charge is -2.34. The molecule has 0 spiro atoms. The van der Waals surface area contributed by atoms with Crippen LogP contribution < -0.4 is 5.69 Å². The maximum atomic E-state index is 15.4. The second-order valence-corrected chi connectivity index (χ2v) is 20.5. The summed E-state index contributed by atoms with van der Waals surface area (Å²) < 4.78 is 90.3. The van der Waals surface area contributed by atoms with E-state index in [0.717, 1.165) is 36.6 Å². The average Bonchev–Trinajstić information content (AvgIpc) is 4.12. The van der Waals surface area contributed by atoms with E-state index >= 15 is 9.18 Å². The predicted octanol–water partition coefficient (Wildman–Crippen LogP) is 8.42. The number of H-pyrrole nitrogens is 1. The molecule has 14 nitrogen and oxygen atoms in total. The van der Waals surface area contributed by atoms with Crippen LogP contribution in [0.2, 0.25) is 0 Å². The smallest absolute Gasteiger partial charge is 0.381 e. The Balaban J connectivity index is 1.03. The Labute approximate surface area is 376 Å². The highest BCUT2D eigenvalue weighted by Crippen LogP contribution is 2.52. The van der Waals surface area contributed by atoms with Gasteiger partial charge in [0, 0.05) is 65.2 Å². The van der Waals surface area contributed by atoms with Crippen molar-refractivity contribution in [1.82, 2.24) is 43.6 Å². The summed E-state index contributed by atoms with van der Waals surface area (Å²) in [7, 11) is -2.96. The molecule has 1 amide bonds.